The van der Waals surface area contributed by atoms with Crippen LogP contribution in [0.25, 0.3) is 0 Å². The van der Waals surface area contributed by atoms with E-state index < -0.39 is 0 Å². The minimum atomic E-state index is 0.202. The normalized spacial score (nSPS) is 16.7. The van der Waals surface area contributed by atoms with Crippen molar-refractivity contribution in [2.75, 3.05) is 19.8 Å². The summed E-state index contributed by atoms with van der Waals surface area (Å²) >= 11 is 3.55. The Morgan fingerprint density at radius 1 is 1.27 bits per heavy atom. The van der Waals surface area contributed by atoms with Crippen LogP contribution in [-0.2, 0) is 11.2 Å². The van der Waals surface area contributed by atoms with Crippen LogP contribution in [0, 0.1) is 5.92 Å². The van der Waals surface area contributed by atoms with E-state index in [1.54, 1.807) is 0 Å². The number of carbonyl (C=O) groups is 1. The topological polar surface area (TPSA) is 38.8 Å². The van der Waals surface area contributed by atoms with Gasteiger partial charge in [-0.2, -0.15) is 0 Å². The largest absolute Gasteiger partial charge is 0.486 e. The number of nitrogens with zero attached hydrogens (tertiary/aromatic N) is 1. The van der Waals surface area contributed by atoms with E-state index in [-0.39, 0.29) is 5.91 Å². The summed E-state index contributed by atoms with van der Waals surface area (Å²) in [4.78, 5) is 14.7. The molecule has 1 aliphatic carbocycles. The van der Waals surface area contributed by atoms with Crippen LogP contribution >= 0.6 is 15.9 Å². The van der Waals surface area contributed by atoms with Gasteiger partial charge in [0.05, 0.1) is 6.42 Å². The minimum Gasteiger partial charge on any atom is -0.486 e. The SMILES string of the molecule is CC(C)CN(C(=O)Cc1cc2c(cc1Br)OCCO2)C1CC1. The summed E-state index contributed by atoms with van der Waals surface area (Å²) in [5.74, 6) is 2.18. The van der Waals surface area contributed by atoms with Crippen molar-refractivity contribution in [1.82, 2.24) is 4.90 Å². The third kappa shape index (κ3) is 3.57. The van der Waals surface area contributed by atoms with Gasteiger partial charge in [0.1, 0.15) is 13.2 Å². The Morgan fingerprint density at radius 3 is 2.50 bits per heavy atom. The summed E-state index contributed by atoms with van der Waals surface area (Å²) in [5.41, 5.74) is 0.962. The van der Waals surface area contributed by atoms with Gasteiger partial charge in [-0.25, -0.2) is 0 Å². The molecule has 1 saturated carbocycles. The van der Waals surface area contributed by atoms with Crippen LogP contribution in [-0.4, -0.2) is 36.6 Å². The maximum atomic E-state index is 12.7. The van der Waals surface area contributed by atoms with E-state index in [9.17, 15) is 4.79 Å². The summed E-state index contributed by atoms with van der Waals surface area (Å²) in [7, 11) is 0. The summed E-state index contributed by atoms with van der Waals surface area (Å²) in [6, 6.07) is 4.28. The van der Waals surface area contributed by atoms with E-state index in [0.29, 0.717) is 31.6 Å². The summed E-state index contributed by atoms with van der Waals surface area (Å²) in [5, 5.41) is 0. The summed E-state index contributed by atoms with van der Waals surface area (Å²) in [6.45, 7) is 6.28. The van der Waals surface area contributed by atoms with Crippen LogP contribution in [0.5, 0.6) is 11.5 Å². The maximum Gasteiger partial charge on any atom is 0.227 e. The highest BCUT2D eigenvalue weighted by molar-refractivity contribution is 9.10. The Bertz CT molecular complexity index is 569. The van der Waals surface area contributed by atoms with Crippen LogP contribution in [0.4, 0.5) is 0 Å². The average molecular weight is 368 g/mol. The molecule has 4 nitrogen and oxygen atoms in total. The highest BCUT2D eigenvalue weighted by atomic mass is 79.9. The van der Waals surface area contributed by atoms with Crippen molar-refractivity contribution >= 4 is 21.8 Å². The van der Waals surface area contributed by atoms with Crippen molar-refractivity contribution < 1.29 is 14.3 Å². The number of fused-ring (bicyclic) bond motifs is 1. The van der Waals surface area contributed by atoms with Crippen LogP contribution in [0.2, 0.25) is 0 Å². The van der Waals surface area contributed by atoms with E-state index in [1.165, 1.54) is 0 Å². The molecule has 0 N–H and O–H groups in total. The molecule has 3 rings (SSSR count). The number of hydrogen-bond donors (Lipinski definition) is 0. The van der Waals surface area contributed by atoms with Crippen molar-refractivity contribution in [3.63, 3.8) is 0 Å². The fraction of sp³-hybridized carbons (Fsp3) is 0.588. The Hall–Kier alpha value is -1.23. The van der Waals surface area contributed by atoms with Crippen molar-refractivity contribution in [3.8, 4) is 11.5 Å². The first kappa shape index (κ1) is 15.7. The Labute approximate surface area is 139 Å². The molecule has 0 saturated heterocycles. The molecule has 0 unspecified atom stereocenters. The Kier molecular flexibility index (Phi) is 4.62. The zero-order valence-electron chi connectivity index (χ0n) is 13.1. The molecule has 1 fully saturated rings. The molecule has 1 aromatic rings. The number of amides is 1. The number of rotatable bonds is 5. The van der Waals surface area contributed by atoms with Crippen molar-refractivity contribution in [2.45, 2.75) is 39.2 Å². The molecule has 0 spiro atoms. The Balaban J connectivity index is 1.75. The van der Waals surface area contributed by atoms with E-state index in [2.05, 4.69) is 29.8 Å². The lowest BCUT2D eigenvalue weighted by Gasteiger charge is -2.25. The van der Waals surface area contributed by atoms with E-state index in [0.717, 1.165) is 40.9 Å². The molecule has 1 aromatic carbocycles. The van der Waals surface area contributed by atoms with Crippen molar-refractivity contribution in [3.05, 3.63) is 22.2 Å². The lowest BCUT2D eigenvalue weighted by molar-refractivity contribution is -0.131. The van der Waals surface area contributed by atoms with Crippen molar-refractivity contribution in [1.29, 1.82) is 0 Å². The zero-order chi connectivity index (χ0) is 15.7. The second-order valence-corrected chi connectivity index (χ2v) is 7.29. The molecule has 0 atom stereocenters. The molecule has 1 amide bonds. The lowest BCUT2D eigenvalue weighted by Crippen LogP contribution is -2.37. The van der Waals surface area contributed by atoms with Gasteiger partial charge in [-0.15, -0.1) is 0 Å². The van der Waals surface area contributed by atoms with Crippen LogP contribution in [0.15, 0.2) is 16.6 Å². The second kappa shape index (κ2) is 6.49. The number of ether oxygens (including phenoxy) is 2. The molecule has 0 radical (unpaired) electrons. The standard InChI is InChI=1S/C17H22BrNO3/c1-11(2)10-19(13-3-4-13)17(20)8-12-7-15-16(9-14(12)18)22-6-5-21-15/h7,9,11,13H,3-6,8,10H2,1-2H3. The van der Waals surface area contributed by atoms with Crippen LogP contribution < -0.4 is 9.47 Å². The second-order valence-electron chi connectivity index (χ2n) is 6.44. The predicted octanol–water partition coefficient (Wildman–Crippen LogP) is 3.41. The molecule has 2 aliphatic rings. The molecule has 1 heterocycles. The Morgan fingerprint density at radius 2 is 1.91 bits per heavy atom. The fourth-order valence-electron chi connectivity index (χ4n) is 2.74. The number of halogens is 1. The summed E-state index contributed by atoms with van der Waals surface area (Å²) in [6.07, 6.45) is 2.68. The highest BCUT2D eigenvalue weighted by Gasteiger charge is 2.33. The smallest absolute Gasteiger partial charge is 0.227 e. The lowest BCUT2D eigenvalue weighted by atomic mass is 10.1. The maximum absolute atomic E-state index is 12.7. The van der Waals surface area contributed by atoms with Crippen molar-refractivity contribution in [2.24, 2.45) is 5.92 Å². The van der Waals surface area contributed by atoms with Gasteiger partial charge >= 0.3 is 0 Å². The van der Waals surface area contributed by atoms with Gasteiger partial charge in [-0.1, -0.05) is 29.8 Å². The molecule has 0 aromatic heterocycles. The van der Waals surface area contributed by atoms with Crippen LogP contribution in [0.1, 0.15) is 32.3 Å². The number of carbonyl (C=O) groups excluding carboxylic acids is 1. The van der Waals surface area contributed by atoms with Gasteiger partial charge in [-0.05, 0) is 36.5 Å². The number of hydrogen-bond acceptors (Lipinski definition) is 3. The average Bonchev–Trinajstić information content (AvgIpc) is 3.29. The third-order valence-corrected chi connectivity index (χ3v) is 4.66. The first-order chi connectivity index (χ1) is 10.5. The first-order valence-corrected chi connectivity index (χ1v) is 8.71. The predicted molar refractivity (Wildman–Crippen MR) is 88.4 cm³/mol. The zero-order valence-corrected chi connectivity index (χ0v) is 14.7. The minimum absolute atomic E-state index is 0.202. The number of benzene rings is 1. The van der Waals surface area contributed by atoms with E-state index >= 15 is 0 Å². The van der Waals surface area contributed by atoms with Gasteiger partial charge in [0.25, 0.3) is 0 Å². The molecule has 5 heteroatoms. The van der Waals surface area contributed by atoms with Gasteiger partial charge < -0.3 is 14.4 Å². The van der Waals surface area contributed by atoms with E-state index in [1.807, 2.05) is 17.0 Å². The van der Waals surface area contributed by atoms with E-state index in [4.69, 9.17) is 9.47 Å². The fourth-order valence-corrected chi connectivity index (χ4v) is 3.20. The molecular weight excluding hydrogens is 346 g/mol. The monoisotopic (exact) mass is 367 g/mol. The molecule has 1 aliphatic heterocycles. The third-order valence-electron chi connectivity index (χ3n) is 3.92. The van der Waals surface area contributed by atoms with Gasteiger partial charge in [0.15, 0.2) is 11.5 Å². The van der Waals surface area contributed by atoms with Gasteiger partial charge in [0, 0.05) is 17.1 Å². The highest BCUT2D eigenvalue weighted by Crippen LogP contribution is 2.36. The molecule has 120 valence electrons. The molecule has 0 bridgehead atoms. The van der Waals surface area contributed by atoms with Crippen LogP contribution in [0.3, 0.4) is 0 Å². The molecule has 22 heavy (non-hydrogen) atoms. The first-order valence-electron chi connectivity index (χ1n) is 7.92. The van der Waals surface area contributed by atoms with Gasteiger partial charge in [-0.3, -0.25) is 4.79 Å². The molecular formula is C17H22BrNO3. The van der Waals surface area contributed by atoms with Gasteiger partial charge in [0.2, 0.25) is 5.91 Å². The summed E-state index contributed by atoms with van der Waals surface area (Å²) < 4.78 is 12.1. The quantitative estimate of drug-likeness (QED) is 0.800.